The quantitative estimate of drug-likeness (QED) is 0.637. The molecule has 1 aromatic heterocycles. The fraction of sp³-hybridized carbons (Fsp3) is 0.222. The smallest absolute Gasteiger partial charge is 0.274 e. The number of nitrogens with two attached hydrogens (primary N) is 1. The standard InChI is InChI=1S/C18H16FN5OS/c1-26-17(21)24-18(6-7-18)13-8-12(3-4-14(13)19)23-16(25)15-5-2-11(9-20)10-22-15/h2-5,8,10H,6-7H2,1H3,(H2,21,24)(H,23,25). The van der Waals surface area contributed by atoms with Gasteiger partial charge in [0.2, 0.25) is 0 Å². The summed E-state index contributed by atoms with van der Waals surface area (Å²) in [5, 5.41) is 11.9. The van der Waals surface area contributed by atoms with Crippen LogP contribution in [0, 0.1) is 17.1 Å². The molecule has 3 N–H and O–H groups in total. The summed E-state index contributed by atoms with van der Waals surface area (Å²) in [5.41, 5.74) is 6.54. The summed E-state index contributed by atoms with van der Waals surface area (Å²) in [5.74, 6) is -0.821. The lowest BCUT2D eigenvalue weighted by molar-refractivity contribution is 0.102. The third-order valence-electron chi connectivity index (χ3n) is 4.11. The Labute approximate surface area is 154 Å². The molecule has 0 unspecified atom stereocenters. The minimum atomic E-state index is -0.648. The highest BCUT2D eigenvalue weighted by Gasteiger charge is 2.46. The van der Waals surface area contributed by atoms with Crippen molar-refractivity contribution < 1.29 is 9.18 Å². The Bertz CT molecular complexity index is 916. The number of aromatic nitrogens is 1. The van der Waals surface area contributed by atoms with Gasteiger partial charge in [0.15, 0.2) is 5.17 Å². The van der Waals surface area contributed by atoms with Gasteiger partial charge in [0, 0.05) is 17.4 Å². The molecule has 6 nitrogen and oxygen atoms in total. The summed E-state index contributed by atoms with van der Waals surface area (Å²) in [6.45, 7) is 0. The number of hydrogen-bond acceptors (Lipinski definition) is 5. The van der Waals surface area contributed by atoms with E-state index < -0.39 is 11.4 Å². The molecule has 2 aromatic rings. The molecule has 26 heavy (non-hydrogen) atoms. The number of nitriles is 1. The SMILES string of the molecule is CSC(N)=NC1(c2cc(NC(=O)c3ccc(C#N)cn3)ccc2F)CC1. The van der Waals surface area contributed by atoms with Crippen LogP contribution in [0.3, 0.4) is 0 Å². The number of aliphatic imine (C=N–C) groups is 1. The summed E-state index contributed by atoms with van der Waals surface area (Å²) in [6.07, 6.45) is 4.55. The number of pyridine rings is 1. The van der Waals surface area contributed by atoms with Crippen LogP contribution in [-0.2, 0) is 5.54 Å². The zero-order valence-electron chi connectivity index (χ0n) is 14.0. The van der Waals surface area contributed by atoms with Crippen LogP contribution < -0.4 is 11.1 Å². The Morgan fingerprint density at radius 1 is 1.42 bits per heavy atom. The van der Waals surface area contributed by atoms with Crippen molar-refractivity contribution in [2.24, 2.45) is 10.7 Å². The average molecular weight is 369 g/mol. The largest absolute Gasteiger partial charge is 0.379 e. The fourth-order valence-electron chi connectivity index (χ4n) is 2.57. The Balaban J connectivity index is 1.84. The number of hydrogen-bond donors (Lipinski definition) is 2. The number of nitrogens with zero attached hydrogens (tertiary/aromatic N) is 3. The minimum Gasteiger partial charge on any atom is -0.379 e. The maximum atomic E-state index is 14.3. The maximum absolute atomic E-state index is 14.3. The van der Waals surface area contributed by atoms with E-state index in [0.717, 1.165) is 0 Å². The van der Waals surface area contributed by atoms with Crippen LogP contribution in [0.25, 0.3) is 0 Å². The van der Waals surface area contributed by atoms with E-state index in [4.69, 9.17) is 11.0 Å². The maximum Gasteiger partial charge on any atom is 0.274 e. The Morgan fingerprint density at radius 3 is 2.77 bits per heavy atom. The molecule has 1 aromatic carbocycles. The zero-order chi connectivity index (χ0) is 18.7. The van der Waals surface area contributed by atoms with Crippen LogP contribution in [0.5, 0.6) is 0 Å². The van der Waals surface area contributed by atoms with E-state index >= 15 is 0 Å². The first-order chi connectivity index (χ1) is 12.5. The van der Waals surface area contributed by atoms with Crippen molar-refractivity contribution in [2.45, 2.75) is 18.4 Å². The number of nitrogens with one attached hydrogen (secondary N) is 1. The summed E-state index contributed by atoms with van der Waals surface area (Å²) in [4.78, 5) is 20.7. The number of thioether (sulfide) groups is 1. The van der Waals surface area contributed by atoms with Crippen molar-refractivity contribution in [3.8, 4) is 6.07 Å². The molecule has 1 aliphatic rings. The normalized spacial score (nSPS) is 15.2. The highest BCUT2D eigenvalue weighted by Crippen LogP contribution is 2.51. The summed E-state index contributed by atoms with van der Waals surface area (Å²) in [6, 6.07) is 9.29. The van der Waals surface area contributed by atoms with Crippen molar-refractivity contribution in [1.29, 1.82) is 5.26 Å². The second-order valence-corrected chi connectivity index (χ2v) is 6.70. The molecule has 1 fully saturated rings. The number of amides is 1. The van der Waals surface area contributed by atoms with E-state index in [2.05, 4.69) is 15.3 Å². The van der Waals surface area contributed by atoms with Crippen molar-refractivity contribution in [1.82, 2.24) is 4.98 Å². The number of carbonyl (C=O) groups is 1. The van der Waals surface area contributed by atoms with Gasteiger partial charge in [-0.25, -0.2) is 9.37 Å². The minimum absolute atomic E-state index is 0.167. The highest BCUT2D eigenvalue weighted by atomic mass is 32.2. The van der Waals surface area contributed by atoms with Crippen LogP contribution >= 0.6 is 11.8 Å². The number of halogens is 1. The van der Waals surface area contributed by atoms with Crippen molar-refractivity contribution in [2.75, 3.05) is 11.6 Å². The molecule has 1 saturated carbocycles. The molecular formula is C18H16FN5OS. The van der Waals surface area contributed by atoms with E-state index in [1.165, 1.54) is 42.2 Å². The third kappa shape index (κ3) is 3.68. The highest BCUT2D eigenvalue weighted by molar-refractivity contribution is 8.13. The first kappa shape index (κ1) is 17.9. The molecule has 1 amide bonds. The second-order valence-electron chi connectivity index (χ2n) is 5.88. The molecule has 3 rings (SSSR count). The third-order valence-corrected chi connectivity index (χ3v) is 4.62. The van der Waals surface area contributed by atoms with Crippen molar-refractivity contribution in [3.05, 3.63) is 59.2 Å². The number of anilines is 1. The van der Waals surface area contributed by atoms with E-state index in [9.17, 15) is 9.18 Å². The average Bonchev–Trinajstić information content (AvgIpc) is 3.43. The summed E-state index contributed by atoms with van der Waals surface area (Å²) in [7, 11) is 0. The van der Waals surface area contributed by atoms with Crippen molar-refractivity contribution in [3.63, 3.8) is 0 Å². The van der Waals surface area contributed by atoms with Gasteiger partial charge in [0.05, 0.1) is 11.1 Å². The Kier molecular flexibility index (Phi) is 4.91. The molecule has 8 heteroatoms. The Morgan fingerprint density at radius 2 is 2.19 bits per heavy atom. The van der Waals surface area contributed by atoms with Crippen molar-refractivity contribution >= 4 is 28.5 Å². The number of rotatable bonds is 4. The van der Waals surface area contributed by atoms with Crippen LogP contribution in [0.15, 0.2) is 41.5 Å². The lowest BCUT2D eigenvalue weighted by Crippen LogP contribution is -2.16. The lowest BCUT2D eigenvalue weighted by Gasteiger charge is -2.14. The first-order valence-corrected chi connectivity index (χ1v) is 9.07. The van der Waals surface area contributed by atoms with Crippen LogP contribution in [-0.4, -0.2) is 22.3 Å². The summed E-state index contributed by atoms with van der Waals surface area (Å²) >= 11 is 1.31. The Hall–Kier alpha value is -2.92. The first-order valence-electron chi connectivity index (χ1n) is 7.84. The molecule has 0 bridgehead atoms. The second kappa shape index (κ2) is 7.14. The summed E-state index contributed by atoms with van der Waals surface area (Å²) < 4.78 is 14.3. The van der Waals surface area contributed by atoms with Gasteiger partial charge in [-0.15, -0.1) is 0 Å². The molecule has 1 aliphatic carbocycles. The van der Waals surface area contributed by atoms with Gasteiger partial charge in [0.1, 0.15) is 17.6 Å². The van der Waals surface area contributed by atoms with Gasteiger partial charge >= 0.3 is 0 Å². The predicted octanol–water partition coefficient (Wildman–Crippen LogP) is 3.01. The monoisotopic (exact) mass is 369 g/mol. The molecule has 1 heterocycles. The van der Waals surface area contributed by atoms with Crippen LogP contribution in [0.1, 0.15) is 34.5 Å². The molecular weight excluding hydrogens is 353 g/mol. The number of benzene rings is 1. The van der Waals surface area contributed by atoms with E-state index in [1.54, 1.807) is 6.07 Å². The van der Waals surface area contributed by atoms with E-state index in [-0.39, 0.29) is 11.5 Å². The van der Waals surface area contributed by atoms with Gasteiger partial charge in [-0.1, -0.05) is 11.8 Å². The van der Waals surface area contributed by atoms with Crippen LogP contribution in [0.4, 0.5) is 10.1 Å². The fourth-order valence-corrected chi connectivity index (χ4v) is 2.83. The topological polar surface area (TPSA) is 104 Å². The van der Waals surface area contributed by atoms with Crippen LogP contribution in [0.2, 0.25) is 0 Å². The molecule has 0 spiro atoms. The number of carbonyl (C=O) groups excluding carboxylic acids is 1. The van der Waals surface area contributed by atoms with Gasteiger partial charge in [0.25, 0.3) is 5.91 Å². The van der Waals surface area contributed by atoms with Gasteiger partial charge in [-0.05, 0) is 49.4 Å². The number of amidine groups is 1. The molecule has 0 saturated heterocycles. The lowest BCUT2D eigenvalue weighted by atomic mass is 10.0. The predicted molar refractivity (Wildman–Crippen MR) is 99.4 cm³/mol. The van der Waals surface area contributed by atoms with E-state index in [1.807, 2.05) is 12.3 Å². The van der Waals surface area contributed by atoms with Gasteiger partial charge in [-0.2, -0.15) is 5.26 Å². The van der Waals surface area contributed by atoms with Gasteiger partial charge < -0.3 is 11.1 Å². The molecule has 0 radical (unpaired) electrons. The zero-order valence-corrected chi connectivity index (χ0v) is 14.8. The molecule has 132 valence electrons. The van der Waals surface area contributed by atoms with E-state index in [0.29, 0.717) is 34.8 Å². The van der Waals surface area contributed by atoms with Gasteiger partial charge in [-0.3, -0.25) is 9.79 Å². The molecule has 0 atom stereocenters. The molecule has 0 aliphatic heterocycles.